The molecule has 3 aromatic heterocycles. The predicted molar refractivity (Wildman–Crippen MR) is 111 cm³/mol. The highest BCUT2D eigenvalue weighted by atomic mass is 32.2. The van der Waals surface area contributed by atoms with E-state index in [0.717, 1.165) is 29.5 Å². The summed E-state index contributed by atoms with van der Waals surface area (Å²) in [6, 6.07) is 1.66. The number of carbonyl (C=O) groups is 1. The maximum absolute atomic E-state index is 13.1. The van der Waals surface area contributed by atoms with Gasteiger partial charge in [0.1, 0.15) is 10.6 Å². The second-order valence-corrected chi connectivity index (χ2v) is 9.16. The van der Waals surface area contributed by atoms with E-state index in [-0.39, 0.29) is 17.2 Å². The largest absolute Gasteiger partial charge is 0.360 e. The Kier molecular flexibility index (Phi) is 5.29. The third-order valence-corrected chi connectivity index (χ3v) is 7.05. The molecular weight excluding hydrogens is 396 g/mol. The predicted octanol–water partition coefficient (Wildman–Crippen LogP) is 3.63. The Hall–Kier alpha value is -2.13. The van der Waals surface area contributed by atoms with Gasteiger partial charge in [0.05, 0.1) is 11.1 Å². The zero-order chi connectivity index (χ0) is 19.8. The monoisotopic (exact) mass is 418 g/mol. The van der Waals surface area contributed by atoms with Gasteiger partial charge in [-0.15, -0.1) is 11.3 Å². The summed E-state index contributed by atoms with van der Waals surface area (Å²) in [5.41, 5.74) is 1.20. The molecule has 0 aliphatic heterocycles. The number of hydrogen-bond donors (Lipinski definition) is 1. The summed E-state index contributed by atoms with van der Waals surface area (Å²) in [7, 11) is 0. The summed E-state index contributed by atoms with van der Waals surface area (Å²) >= 11 is 2.90. The summed E-state index contributed by atoms with van der Waals surface area (Å²) in [6.45, 7) is 6.46. The van der Waals surface area contributed by atoms with Gasteiger partial charge in [0.2, 0.25) is 5.91 Å². The molecule has 1 N–H and O–H groups in total. The van der Waals surface area contributed by atoms with E-state index in [0.29, 0.717) is 29.2 Å². The number of anilines is 1. The molecule has 4 rings (SSSR count). The Bertz CT molecular complexity index is 1100. The summed E-state index contributed by atoms with van der Waals surface area (Å²) in [5, 5.41) is 7.81. The summed E-state index contributed by atoms with van der Waals surface area (Å²) in [4.78, 5) is 32.2. The Labute approximate surface area is 170 Å². The lowest BCUT2D eigenvalue weighted by Gasteiger charge is -2.17. The van der Waals surface area contributed by atoms with E-state index in [1.807, 2.05) is 6.92 Å². The average molecular weight is 419 g/mol. The molecule has 28 heavy (non-hydrogen) atoms. The minimum absolute atomic E-state index is 0.00888. The molecule has 1 unspecified atom stereocenters. The molecule has 1 amide bonds. The Morgan fingerprint density at radius 3 is 3.04 bits per heavy atom. The number of hydrogen-bond acceptors (Lipinski definition) is 7. The fraction of sp³-hybridized carbons (Fsp3) is 0.474. The number of nitrogens with one attached hydrogen (secondary N) is 1. The van der Waals surface area contributed by atoms with Gasteiger partial charge in [0.25, 0.3) is 5.56 Å². The fourth-order valence-electron chi connectivity index (χ4n) is 3.53. The SMILES string of the molecule is CCn1c(SCC(=O)Nc2cc(C)on2)nc2sc3c(c2c1=O)CCC(C)C3. The smallest absolute Gasteiger partial charge is 0.263 e. The van der Waals surface area contributed by atoms with Crippen LogP contribution in [-0.2, 0) is 24.2 Å². The van der Waals surface area contributed by atoms with Crippen LogP contribution >= 0.6 is 23.1 Å². The van der Waals surface area contributed by atoms with E-state index in [1.54, 1.807) is 28.9 Å². The molecule has 0 fully saturated rings. The van der Waals surface area contributed by atoms with Crippen molar-refractivity contribution in [2.45, 2.75) is 51.7 Å². The molecule has 1 aliphatic carbocycles. The van der Waals surface area contributed by atoms with Crippen LogP contribution in [0.4, 0.5) is 5.82 Å². The lowest BCUT2D eigenvalue weighted by atomic mass is 9.89. The molecule has 3 heterocycles. The van der Waals surface area contributed by atoms with Crippen molar-refractivity contribution in [2.24, 2.45) is 5.92 Å². The first-order chi connectivity index (χ1) is 13.5. The molecular formula is C19H22N4O3S2. The van der Waals surface area contributed by atoms with E-state index in [9.17, 15) is 9.59 Å². The van der Waals surface area contributed by atoms with E-state index in [1.165, 1.54) is 22.2 Å². The van der Waals surface area contributed by atoms with Crippen LogP contribution in [0.2, 0.25) is 0 Å². The van der Waals surface area contributed by atoms with E-state index in [4.69, 9.17) is 9.51 Å². The molecule has 0 saturated carbocycles. The number of aromatic nitrogens is 3. The highest BCUT2D eigenvalue weighted by Gasteiger charge is 2.24. The van der Waals surface area contributed by atoms with Gasteiger partial charge in [-0.1, -0.05) is 23.8 Å². The zero-order valence-corrected chi connectivity index (χ0v) is 17.7. The van der Waals surface area contributed by atoms with Crippen LogP contribution < -0.4 is 10.9 Å². The molecule has 0 spiro atoms. The number of aryl methyl sites for hydroxylation is 2. The Balaban J connectivity index is 1.60. The van der Waals surface area contributed by atoms with E-state index in [2.05, 4.69) is 17.4 Å². The molecule has 0 saturated heterocycles. The Morgan fingerprint density at radius 2 is 2.32 bits per heavy atom. The van der Waals surface area contributed by atoms with E-state index < -0.39 is 0 Å². The van der Waals surface area contributed by atoms with Gasteiger partial charge in [-0.25, -0.2) is 4.98 Å². The first kappa shape index (κ1) is 19.2. The number of thioether (sulfide) groups is 1. The first-order valence-electron chi connectivity index (χ1n) is 9.37. The van der Waals surface area contributed by atoms with Crippen LogP contribution in [0.3, 0.4) is 0 Å². The lowest BCUT2D eigenvalue weighted by molar-refractivity contribution is -0.113. The highest BCUT2D eigenvalue weighted by molar-refractivity contribution is 7.99. The molecule has 0 bridgehead atoms. The van der Waals surface area contributed by atoms with Gasteiger partial charge < -0.3 is 9.84 Å². The van der Waals surface area contributed by atoms with Gasteiger partial charge in [-0.3, -0.25) is 14.2 Å². The number of thiophene rings is 1. The van der Waals surface area contributed by atoms with Crippen LogP contribution in [0.25, 0.3) is 10.2 Å². The lowest BCUT2D eigenvalue weighted by Crippen LogP contribution is -2.24. The number of carbonyl (C=O) groups excluding carboxylic acids is 1. The topological polar surface area (TPSA) is 90.0 Å². The molecule has 1 aliphatic rings. The van der Waals surface area contributed by atoms with E-state index >= 15 is 0 Å². The van der Waals surface area contributed by atoms with Crippen molar-refractivity contribution in [3.8, 4) is 0 Å². The van der Waals surface area contributed by atoms with Crippen LogP contribution in [0.15, 0.2) is 20.5 Å². The number of amides is 1. The second-order valence-electron chi connectivity index (χ2n) is 7.14. The van der Waals surface area contributed by atoms with Crippen LogP contribution in [0, 0.1) is 12.8 Å². The van der Waals surface area contributed by atoms with Gasteiger partial charge >= 0.3 is 0 Å². The number of rotatable bonds is 5. The normalized spacial score (nSPS) is 16.3. The van der Waals surface area contributed by atoms with Crippen molar-refractivity contribution >= 4 is 45.0 Å². The molecule has 7 nitrogen and oxygen atoms in total. The third-order valence-electron chi connectivity index (χ3n) is 4.92. The first-order valence-corrected chi connectivity index (χ1v) is 11.2. The third kappa shape index (κ3) is 3.60. The van der Waals surface area contributed by atoms with Crippen LogP contribution in [0.1, 0.15) is 36.5 Å². The Morgan fingerprint density at radius 1 is 1.50 bits per heavy atom. The minimum atomic E-state index is -0.213. The van der Waals surface area contributed by atoms with Crippen molar-refractivity contribution in [2.75, 3.05) is 11.1 Å². The van der Waals surface area contributed by atoms with Gasteiger partial charge in [-0.2, -0.15) is 0 Å². The summed E-state index contributed by atoms with van der Waals surface area (Å²) in [6.07, 6.45) is 3.08. The van der Waals surface area contributed by atoms with Crippen LogP contribution in [-0.4, -0.2) is 26.4 Å². The van der Waals surface area contributed by atoms with Crippen molar-refractivity contribution in [3.63, 3.8) is 0 Å². The van der Waals surface area contributed by atoms with Gasteiger partial charge in [0.15, 0.2) is 11.0 Å². The molecule has 9 heteroatoms. The molecule has 3 aromatic rings. The number of fused-ring (bicyclic) bond motifs is 3. The average Bonchev–Trinajstić information content (AvgIpc) is 3.22. The van der Waals surface area contributed by atoms with Gasteiger partial charge in [0, 0.05) is 17.5 Å². The van der Waals surface area contributed by atoms with Gasteiger partial charge in [-0.05, 0) is 44.6 Å². The van der Waals surface area contributed by atoms with Crippen molar-refractivity contribution in [3.05, 3.63) is 32.6 Å². The second kappa shape index (κ2) is 7.71. The minimum Gasteiger partial charge on any atom is -0.360 e. The maximum Gasteiger partial charge on any atom is 0.263 e. The molecule has 1 atom stereocenters. The van der Waals surface area contributed by atoms with Crippen LogP contribution in [0.5, 0.6) is 0 Å². The van der Waals surface area contributed by atoms with Crippen molar-refractivity contribution in [1.29, 1.82) is 0 Å². The zero-order valence-electron chi connectivity index (χ0n) is 16.1. The maximum atomic E-state index is 13.1. The standard InChI is InChI=1S/C19H22N4O3S2/c1-4-23-18(25)16-12-6-5-10(2)7-13(12)28-17(16)21-19(23)27-9-15(24)20-14-8-11(3)26-22-14/h8,10H,4-7,9H2,1-3H3,(H,20,22,24). The molecule has 148 valence electrons. The van der Waals surface area contributed by atoms with Crippen molar-refractivity contribution < 1.29 is 9.32 Å². The molecule has 0 radical (unpaired) electrons. The number of nitrogens with zero attached hydrogens (tertiary/aromatic N) is 3. The fourth-order valence-corrected chi connectivity index (χ4v) is 5.82. The molecule has 0 aromatic carbocycles. The van der Waals surface area contributed by atoms with Crippen molar-refractivity contribution in [1.82, 2.24) is 14.7 Å². The highest BCUT2D eigenvalue weighted by Crippen LogP contribution is 2.36. The summed E-state index contributed by atoms with van der Waals surface area (Å²) in [5.74, 6) is 1.60. The summed E-state index contributed by atoms with van der Waals surface area (Å²) < 4.78 is 6.62. The quantitative estimate of drug-likeness (QED) is 0.503.